The number of anilines is 1. The molecule has 0 atom stereocenters. The van der Waals surface area contributed by atoms with Crippen LogP contribution in [0.25, 0.3) is 0 Å². The maximum absolute atomic E-state index is 11.9. The molecule has 0 aliphatic heterocycles. The van der Waals surface area contributed by atoms with Crippen molar-refractivity contribution >= 4 is 11.8 Å². The van der Waals surface area contributed by atoms with Crippen LogP contribution in [0.4, 0.5) is 5.88 Å². The molecule has 17 heavy (non-hydrogen) atoms. The Labute approximate surface area is 101 Å². The van der Waals surface area contributed by atoms with E-state index < -0.39 is 0 Å². The fourth-order valence-corrected chi connectivity index (χ4v) is 2.31. The lowest BCUT2D eigenvalue weighted by molar-refractivity contribution is -0.121. The smallest absolute Gasteiger partial charge is 0.231 e. The number of nitrogens with one attached hydrogen (secondary N) is 1. The molecule has 5 nitrogen and oxygen atoms in total. The van der Waals surface area contributed by atoms with Gasteiger partial charge in [0.2, 0.25) is 11.8 Å². The highest BCUT2D eigenvalue weighted by molar-refractivity contribution is 5.91. The molecule has 0 unspecified atom stereocenters. The lowest BCUT2D eigenvalue weighted by Crippen LogP contribution is -2.29. The van der Waals surface area contributed by atoms with Crippen LogP contribution in [0.3, 0.4) is 0 Å². The molecule has 1 aromatic rings. The SMILES string of the molecule is Cc1cc(NC(=O)C2CCC(CN)CC2)on1. The van der Waals surface area contributed by atoms with E-state index in [0.717, 1.165) is 37.9 Å². The van der Waals surface area contributed by atoms with Crippen LogP contribution in [0.15, 0.2) is 10.6 Å². The molecule has 0 spiro atoms. The quantitative estimate of drug-likeness (QED) is 0.838. The highest BCUT2D eigenvalue weighted by Crippen LogP contribution is 2.29. The average molecular weight is 237 g/mol. The van der Waals surface area contributed by atoms with Crippen molar-refractivity contribution in [2.24, 2.45) is 17.6 Å². The van der Waals surface area contributed by atoms with Crippen LogP contribution in [0, 0.1) is 18.8 Å². The van der Waals surface area contributed by atoms with Gasteiger partial charge in [-0.2, -0.15) is 0 Å². The minimum Gasteiger partial charge on any atom is -0.338 e. The van der Waals surface area contributed by atoms with Crippen molar-refractivity contribution in [3.63, 3.8) is 0 Å². The molecule has 1 aliphatic rings. The van der Waals surface area contributed by atoms with Crippen LogP contribution in [0.5, 0.6) is 0 Å². The summed E-state index contributed by atoms with van der Waals surface area (Å²) < 4.78 is 4.97. The predicted molar refractivity (Wildman–Crippen MR) is 64.4 cm³/mol. The molecule has 3 N–H and O–H groups in total. The van der Waals surface area contributed by atoms with Crippen molar-refractivity contribution in [2.45, 2.75) is 32.6 Å². The molecule has 0 aromatic carbocycles. The summed E-state index contributed by atoms with van der Waals surface area (Å²) in [6.45, 7) is 2.56. The highest BCUT2D eigenvalue weighted by atomic mass is 16.5. The monoisotopic (exact) mass is 237 g/mol. The standard InChI is InChI=1S/C12H19N3O2/c1-8-6-11(17-15-8)14-12(16)10-4-2-9(7-13)3-5-10/h6,9-10H,2-5,7,13H2,1H3,(H,14,16). The second-order valence-electron chi connectivity index (χ2n) is 4.78. The lowest BCUT2D eigenvalue weighted by atomic mass is 9.81. The largest absolute Gasteiger partial charge is 0.338 e. The summed E-state index contributed by atoms with van der Waals surface area (Å²) in [5, 5.41) is 6.50. The van der Waals surface area contributed by atoms with Crippen LogP contribution in [-0.4, -0.2) is 17.6 Å². The molecular weight excluding hydrogens is 218 g/mol. The molecule has 2 rings (SSSR count). The van der Waals surface area contributed by atoms with Gasteiger partial charge in [0.1, 0.15) is 0 Å². The number of amides is 1. The summed E-state index contributed by atoms with van der Waals surface area (Å²) in [7, 11) is 0. The zero-order valence-electron chi connectivity index (χ0n) is 10.1. The summed E-state index contributed by atoms with van der Waals surface area (Å²) in [5.74, 6) is 1.15. The Balaban J connectivity index is 1.85. The molecular formula is C12H19N3O2. The van der Waals surface area contributed by atoms with E-state index in [9.17, 15) is 4.79 Å². The van der Waals surface area contributed by atoms with Crippen molar-refractivity contribution in [3.8, 4) is 0 Å². The minimum atomic E-state index is 0.0385. The zero-order chi connectivity index (χ0) is 12.3. The normalized spacial score (nSPS) is 24.6. The van der Waals surface area contributed by atoms with E-state index >= 15 is 0 Å². The predicted octanol–water partition coefficient (Wildman–Crippen LogP) is 1.69. The van der Waals surface area contributed by atoms with Crippen LogP contribution in [0.2, 0.25) is 0 Å². The van der Waals surface area contributed by atoms with Crippen molar-refractivity contribution < 1.29 is 9.32 Å². The van der Waals surface area contributed by atoms with E-state index in [-0.39, 0.29) is 11.8 Å². The third-order valence-electron chi connectivity index (χ3n) is 3.43. The van der Waals surface area contributed by atoms with Gasteiger partial charge in [-0.3, -0.25) is 10.1 Å². The topological polar surface area (TPSA) is 81.2 Å². The van der Waals surface area contributed by atoms with Gasteiger partial charge in [-0.15, -0.1) is 0 Å². The van der Waals surface area contributed by atoms with E-state index in [0.29, 0.717) is 11.8 Å². The van der Waals surface area contributed by atoms with Gasteiger partial charge in [0.25, 0.3) is 0 Å². The number of carbonyl (C=O) groups is 1. The van der Waals surface area contributed by atoms with Gasteiger partial charge in [-0.25, -0.2) is 0 Å². The average Bonchev–Trinajstić information content (AvgIpc) is 2.75. The van der Waals surface area contributed by atoms with Crippen LogP contribution < -0.4 is 11.1 Å². The molecule has 5 heteroatoms. The number of carbonyl (C=O) groups excluding carboxylic acids is 1. The Morgan fingerprint density at radius 1 is 1.53 bits per heavy atom. The first-order valence-electron chi connectivity index (χ1n) is 6.13. The van der Waals surface area contributed by atoms with E-state index in [2.05, 4.69) is 10.5 Å². The number of nitrogens with zero attached hydrogens (tertiary/aromatic N) is 1. The maximum Gasteiger partial charge on any atom is 0.231 e. The second-order valence-corrected chi connectivity index (χ2v) is 4.78. The molecule has 1 amide bonds. The second kappa shape index (κ2) is 5.31. The molecule has 94 valence electrons. The van der Waals surface area contributed by atoms with E-state index in [1.54, 1.807) is 6.07 Å². The van der Waals surface area contributed by atoms with E-state index in [1.165, 1.54) is 0 Å². The van der Waals surface area contributed by atoms with Gasteiger partial charge in [0, 0.05) is 12.0 Å². The first kappa shape index (κ1) is 12.1. The van der Waals surface area contributed by atoms with Gasteiger partial charge < -0.3 is 10.3 Å². The summed E-state index contributed by atoms with van der Waals surface area (Å²) >= 11 is 0. The number of hydrogen-bond donors (Lipinski definition) is 2. The molecule has 0 bridgehead atoms. The Kier molecular flexibility index (Phi) is 3.78. The van der Waals surface area contributed by atoms with Gasteiger partial charge in [-0.1, -0.05) is 5.16 Å². The molecule has 0 saturated heterocycles. The number of rotatable bonds is 3. The molecule has 1 aromatic heterocycles. The van der Waals surface area contributed by atoms with Crippen molar-refractivity contribution in [1.82, 2.24) is 5.16 Å². The van der Waals surface area contributed by atoms with Gasteiger partial charge in [-0.05, 0) is 45.1 Å². The van der Waals surface area contributed by atoms with E-state index in [4.69, 9.17) is 10.3 Å². The summed E-state index contributed by atoms with van der Waals surface area (Å²) in [4.78, 5) is 11.9. The number of nitrogens with two attached hydrogens (primary N) is 1. The summed E-state index contributed by atoms with van der Waals surface area (Å²) in [6, 6.07) is 1.73. The lowest BCUT2D eigenvalue weighted by Gasteiger charge is -2.26. The Morgan fingerprint density at radius 2 is 2.24 bits per heavy atom. The van der Waals surface area contributed by atoms with Gasteiger partial charge in [0.05, 0.1) is 5.69 Å². The third kappa shape index (κ3) is 3.06. The van der Waals surface area contributed by atoms with Crippen molar-refractivity contribution in [2.75, 3.05) is 11.9 Å². The Hall–Kier alpha value is -1.36. The van der Waals surface area contributed by atoms with E-state index in [1.807, 2.05) is 6.92 Å². The Morgan fingerprint density at radius 3 is 2.76 bits per heavy atom. The van der Waals surface area contributed by atoms with Gasteiger partial charge >= 0.3 is 0 Å². The van der Waals surface area contributed by atoms with Crippen LogP contribution in [0.1, 0.15) is 31.4 Å². The van der Waals surface area contributed by atoms with Gasteiger partial charge in [0.15, 0.2) is 0 Å². The first-order chi connectivity index (χ1) is 8.19. The number of aromatic nitrogens is 1. The Bertz CT molecular complexity index is 381. The molecule has 0 radical (unpaired) electrons. The zero-order valence-corrected chi connectivity index (χ0v) is 10.1. The van der Waals surface area contributed by atoms with Crippen LogP contribution >= 0.6 is 0 Å². The first-order valence-corrected chi connectivity index (χ1v) is 6.13. The maximum atomic E-state index is 11.9. The van der Waals surface area contributed by atoms with Crippen molar-refractivity contribution in [1.29, 1.82) is 0 Å². The fourth-order valence-electron chi connectivity index (χ4n) is 2.31. The summed E-state index contributed by atoms with van der Waals surface area (Å²) in [5.41, 5.74) is 6.40. The fraction of sp³-hybridized carbons (Fsp3) is 0.667. The highest BCUT2D eigenvalue weighted by Gasteiger charge is 2.26. The number of aryl methyl sites for hydroxylation is 1. The number of hydrogen-bond acceptors (Lipinski definition) is 4. The van der Waals surface area contributed by atoms with Crippen molar-refractivity contribution in [3.05, 3.63) is 11.8 Å². The molecule has 1 heterocycles. The molecule has 1 aliphatic carbocycles. The summed E-state index contributed by atoms with van der Waals surface area (Å²) in [6.07, 6.45) is 3.93. The molecule has 1 saturated carbocycles. The molecule has 1 fully saturated rings. The minimum absolute atomic E-state index is 0.0385. The third-order valence-corrected chi connectivity index (χ3v) is 3.43. The van der Waals surface area contributed by atoms with Crippen LogP contribution in [-0.2, 0) is 4.79 Å².